The molecule has 0 spiro atoms. The van der Waals surface area contributed by atoms with Gasteiger partial charge >= 0.3 is 19.3 Å². The first kappa shape index (κ1) is 37.6. The summed E-state index contributed by atoms with van der Waals surface area (Å²) in [6.07, 6.45) is 2.33. The highest BCUT2D eigenvalue weighted by Crippen LogP contribution is 2.39. The summed E-state index contributed by atoms with van der Waals surface area (Å²) >= 11 is 3.44. The summed E-state index contributed by atoms with van der Waals surface area (Å²) in [5.41, 5.74) is 0.365. The molecule has 0 unspecified atom stereocenters. The lowest BCUT2D eigenvalue weighted by Crippen LogP contribution is -2.53. The molecule has 3 aliphatic heterocycles. The highest BCUT2D eigenvalue weighted by atomic mass is 79.9. The van der Waals surface area contributed by atoms with Crippen molar-refractivity contribution in [2.24, 2.45) is 0 Å². The van der Waals surface area contributed by atoms with E-state index in [2.05, 4.69) is 35.9 Å². The smallest absolute Gasteiger partial charge is 0.481 e. The zero-order valence-electron chi connectivity index (χ0n) is 30.0. The first-order valence-electron chi connectivity index (χ1n) is 15.9. The molecule has 14 nitrogen and oxygen atoms in total. The standard InChI is InChI=1S/C19H30BN3O5.C13H18BrN3O3/c1-17(2,3)26-16(24)23-9-12(10-23)14-13(15(25-8)22-11-21-14)20-27-18(4,5)19(6,7)28-20;1-13(2,3)20-12(18)17-5-8(6-17)10-9(14)11(19-4)16-7-15-10/h11-12H,9-10H2,1-8H3;7-8H,5-6H2,1-4H3. The molecule has 5 heterocycles. The zero-order chi connectivity index (χ0) is 35.8. The Kier molecular flexibility index (Phi) is 10.9. The van der Waals surface area contributed by atoms with E-state index in [0.29, 0.717) is 43.4 Å². The first-order chi connectivity index (χ1) is 22.2. The van der Waals surface area contributed by atoms with Crippen molar-refractivity contribution in [3.05, 3.63) is 28.5 Å². The third kappa shape index (κ3) is 8.48. The fourth-order valence-electron chi connectivity index (χ4n) is 5.11. The number of nitrogens with zero attached hydrogens (tertiary/aromatic N) is 6. The minimum Gasteiger partial charge on any atom is -0.481 e. The molecule has 0 N–H and O–H groups in total. The normalized spacial score (nSPS) is 19.1. The molecule has 5 rings (SSSR count). The molecule has 2 amide bonds. The molecule has 16 heteroatoms. The van der Waals surface area contributed by atoms with E-state index in [-0.39, 0.29) is 24.0 Å². The van der Waals surface area contributed by atoms with Crippen molar-refractivity contribution < 1.29 is 37.8 Å². The summed E-state index contributed by atoms with van der Waals surface area (Å²) in [4.78, 5) is 44.4. The minimum absolute atomic E-state index is 0.0402. The van der Waals surface area contributed by atoms with Gasteiger partial charge in [0.1, 0.15) is 28.3 Å². The van der Waals surface area contributed by atoms with Crippen LogP contribution < -0.4 is 14.9 Å². The topological polar surface area (TPSA) is 148 Å². The Morgan fingerprint density at radius 3 is 1.56 bits per heavy atom. The van der Waals surface area contributed by atoms with Crippen molar-refractivity contribution in [1.29, 1.82) is 0 Å². The van der Waals surface area contributed by atoms with Crippen LogP contribution in [-0.4, -0.2) is 112 Å². The van der Waals surface area contributed by atoms with E-state index in [0.717, 1.165) is 15.9 Å². The fourth-order valence-corrected chi connectivity index (χ4v) is 5.80. The van der Waals surface area contributed by atoms with Crippen LogP contribution in [0.25, 0.3) is 0 Å². The minimum atomic E-state index is -0.633. The lowest BCUT2D eigenvalue weighted by atomic mass is 9.74. The Labute approximate surface area is 291 Å². The van der Waals surface area contributed by atoms with Crippen molar-refractivity contribution in [2.75, 3.05) is 40.4 Å². The average Bonchev–Trinajstić information content (AvgIpc) is 3.12. The van der Waals surface area contributed by atoms with Crippen LogP contribution in [0.3, 0.4) is 0 Å². The second kappa shape index (κ2) is 13.9. The summed E-state index contributed by atoms with van der Waals surface area (Å²) in [6, 6.07) is 0. The molecule has 2 aromatic rings. The second-order valence-corrected chi connectivity index (χ2v) is 15.8. The zero-order valence-corrected chi connectivity index (χ0v) is 31.6. The molecule has 0 bridgehead atoms. The summed E-state index contributed by atoms with van der Waals surface area (Å²) in [5, 5.41) is 0. The Hall–Kier alpha value is -3.24. The highest BCUT2D eigenvalue weighted by Gasteiger charge is 2.54. The van der Waals surface area contributed by atoms with Crippen LogP contribution in [0.15, 0.2) is 17.1 Å². The molecule has 3 fully saturated rings. The van der Waals surface area contributed by atoms with Crippen LogP contribution in [0.5, 0.6) is 11.8 Å². The third-order valence-electron chi connectivity index (χ3n) is 8.38. The number of rotatable bonds is 5. The maximum atomic E-state index is 12.2. The van der Waals surface area contributed by atoms with Crippen LogP contribution >= 0.6 is 15.9 Å². The SMILES string of the molecule is COc1ncnc(C2CN(C(=O)OC(C)(C)C)C2)c1B1OC(C)(C)C(C)(C)O1.COc1ncnc(C2CN(C(=O)OC(C)(C)C)C2)c1Br. The van der Waals surface area contributed by atoms with Gasteiger partial charge in [-0.15, -0.1) is 0 Å². The Morgan fingerprint density at radius 1 is 0.750 bits per heavy atom. The van der Waals surface area contributed by atoms with Crippen molar-refractivity contribution in [1.82, 2.24) is 29.7 Å². The number of aromatic nitrogens is 4. The van der Waals surface area contributed by atoms with Crippen LogP contribution in [-0.2, 0) is 18.8 Å². The van der Waals surface area contributed by atoms with E-state index in [1.807, 2.05) is 69.2 Å². The molecule has 0 radical (unpaired) electrons. The summed E-state index contributed by atoms with van der Waals surface area (Å²) in [7, 11) is 2.49. The highest BCUT2D eigenvalue weighted by molar-refractivity contribution is 9.10. The van der Waals surface area contributed by atoms with E-state index in [1.165, 1.54) is 12.7 Å². The maximum absolute atomic E-state index is 12.2. The van der Waals surface area contributed by atoms with Gasteiger partial charge in [-0.2, -0.15) is 0 Å². The number of amides is 2. The Morgan fingerprint density at radius 2 is 1.15 bits per heavy atom. The van der Waals surface area contributed by atoms with E-state index in [9.17, 15) is 9.59 Å². The predicted molar refractivity (Wildman–Crippen MR) is 182 cm³/mol. The number of hydrogen-bond donors (Lipinski definition) is 0. The number of halogens is 1. The van der Waals surface area contributed by atoms with Gasteiger partial charge in [0.05, 0.1) is 42.3 Å². The first-order valence-corrected chi connectivity index (χ1v) is 16.7. The number of methoxy groups -OCH3 is 2. The molecule has 264 valence electrons. The van der Waals surface area contributed by atoms with Gasteiger partial charge in [-0.3, -0.25) is 0 Å². The van der Waals surface area contributed by atoms with E-state index >= 15 is 0 Å². The molecule has 0 aliphatic carbocycles. The van der Waals surface area contributed by atoms with Crippen molar-refractivity contribution in [3.63, 3.8) is 0 Å². The molecular weight excluding hydrogens is 687 g/mol. The average molecular weight is 735 g/mol. The largest absolute Gasteiger partial charge is 0.502 e. The van der Waals surface area contributed by atoms with Crippen LogP contribution in [0.4, 0.5) is 9.59 Å². The molecular formula is C32H48BBrN6O8. The van der Waals surface area contributed by atoms with Crippen LogP contribution in [0.1, 0.15) is 92.5 Å². The molecule has 3 saturated heterocycles. The van der Waals surface area contributed by atoms with Crippen molar-refractivity contribution in [2.45, 2.75) is 103 Å². The van der Waals surface area contributed by atoms with Gasteiger partial charge in [0.2, 0.25) is 11.8 Å². The van der Waals surface area contributed by atoms with E-state index in [1.54, 1.807) is 24.0 Å². The molecule has 3 aliphatic rings. The molecule has 0 aromatic carbocycles. The molecule has 0 atom stereocenters. The number of ether oxygens (including phenoxy) is 4. The molecule has 0 saturated carbocycles. The van der Waals surface area contributed by atoms with E-state index < -0.39 is 29.5 Å². The Bertz CT molecular complexity index is 1470. The summed E-state index contributed by atoms with van der Waals surface area (Å²) in [5.74, 6) is 1.15. The monoisotopic (exact) mass is 734 g/mol. The lowest BCUT2D eigenvalue weighted by molar-refractivity contribution is 0.00578. The molecule has 48 heavy (non-hydrogen) atoms. The Balaban J connectivity index is 0.000000229. The second-order valence-electron chi connectivity index (χ2n) is 15.0. The van der Waals surface area contributed by atoms with Crippen molar-refractivity contribution in [3.8, 4) is 11.8 Å². The van der Waals surface area contributed by atoms with Crippen molar-refractivity contribution >= 4 is 40.7 Å². The maximum Gasteiger partial charge on any atom is 0.502 e. The predicted octanol–water partition coefficient (Wildman–Crippen LogP) is 4.70. The van der Waals surface area contributed by atoms with Gasteiger partial charge in [-0.1, -0.05) is 0 Å². The van der Waals surface area contributed by atoms with Gasteiger partial charge in [0.15, 0.2) is 0 Å². The van der Waals surface area contributed by atoms with Gasteiger partial charge in [-0.25, -0.2) is 29.5 Å². The van der Waals surface area contributed by atoms with Crippen LogP contribution in [0, 0.1) is 0 Å². The third-order valence-corrected chi connectivity index (χ3v) is 9.12. The van der Waals surface area contributed by atoms with Gasteiger partial charge in [0.25, 0.3) is 0 Å². The summed E-state index contributed by atoms with van der Waals surface area (Å²) < 4.78 is 34.5. The number of carbonyl (C=O) groups is 2. The van der Waals surface area contributed by atoms with Gasteiger partial charge in [-0.05, 0) is 85.2 Å². The quantitative estimate of drug-likeness (QED) is 0.392. The number of likely N-dealkylation sites (tertiary alicyclic amines) is 2. The van der Waals surface area contributed by atoms with E-state index in [4.69, 9.17) is 28.3 Å². The fraction of sp³-hybridized carbons (Fsp3) is 0.688. The lowest BCUT2D eigenvalue weighted by Gasteiger charge is -2.40. The summed E-state index contributed by atoms with van der Waals surface area (Å²) in [6.45, 7) is 21.3. The van der Waals surface area contributed by atoms with Gasteiger partial charge in [0, 0.05) is 38.0 Å². The number of hydrogen-bond acceptors (Lipinski definition) is 12. The van der Waals surface area contributed by atoms with Crippen LogP contribution in [0.2, 0.25) is 0 Å². The molecule has 2 aromatic heterocycles. The number of carbonyl (C=O) groups excluding carboxylic acids is 2. The van der Waals surface area contributed by atoms with Gasteiger partial charge < -0.3 is 38.1 Å².